The van der Waals surface area contributed by atoms with E-state index >= 15 is 0 Å². The zero-order valence-electron chi connectivity index (χ0n) is 29.1. The minimum atomic E-state index is -0.846. The van der Waals surface area contributed by atoms with Crippen LogP contribution in [0.5, 0.6) is 0 Å². The Labute approximate surface area is 303 Å². The Morgan fingerprint density at radius 2 is 1.31 bits per heavy atom. The summed E-state index contributed by atoms with van der Waals surface area (Å²) in [4.78, 5) is 66.5. The molecule has 3 rings (SSSR count). The number of rotatable bonds is 18. The van der Waals surface area contributed by atoms with Gasteiger partial charge >= 0.3 is 18.2 Å². The largest absolute Gasteiger partial charge is 0.464 e. The number of aliphatic imine (C=N–C) groups is 1. The number of alkyl carbamates (subject to hydrolysis) is 2. The average molecular weight is 715 g/mol. The van der Waals surface area contributed by atoms with E-state index in [1.54, 1.807) is 37.3 Å². The quantitative estimate of drug-likeness (QED) is 0.0326. The molecule has 0 fully saturated rings. The Hall–Kier alpha value is -6.02. The molecule has 14 nitrogen and oxygen atoms in total. The number of guanidine groups is 1. The van der Waals surface area contributed by atoms with Gasteiger partial charge in [0, 0.05) is 19.5 Å². The Balaban J connectivity index is 1.41. The maximum Gasteiger partial charge on any atom is 0.414 e. The predicted octanol–water partition coefficient (Wildman–Crippen LogP) is 3.66. The SMILES string of the molecule is CCOC(=O)[C@H](Cc1ccccc1)NC(=O)/C=C/CCNC(=O)[C@@H](N)CCCN=C(NC(=O)OCc1ccccc1)NC(=O)OCc1ccccc1. The lowest BCUT2D eigenvalue weighted by Gasteiger charge is -2.16. The molecule has 0 unspecified atom stereocenters. The third kappa shape index (κ3) is 16.6. The Kier molecular flexibility index (Phi) is 18.2. The molecule has 0 bridgehead atoms. The van der Waals surface area contributed by atoms with E-state index in [4.69, 9.17) is 19.9 Å². The van der Waals surface area contributed by atoms with Crippen molar-refractivity contribution >= 4 is 35.9 Å². The summed E-state index contributed by atoms with van der Waals surface area (Å²) in [5.74, 6) is -1.56. The fraction of sp³-hybridized carbons (Fsp3) is 0.316. The summed E-state index contributed by atoms with van der Waals surface area (Å²) in [7, 11) is 0. The molecule has 6 N–H and O–H groups in total. The zero-order chi connectivity index (χ0) is 37.4. The van der Waals surface area contributed by atoms with Gasteiger partial charge in [-0.25, -0.2) is 14.4 Å². The van der Waals surface area contributed by atoms with Crippen molar-refractivity contribution < 1.29 is 38.2 Å². The first-order chi connectivity index (χ1) is 25.2. The third-order valence-electron chi connectivity index (χ3n) is 7.20. The number of nitrogens with one attached hydrogen (secondary N) is 4. The van der Waals surface area contributed by atoms with E-state index in [9.17, 15) is 24.0 Å². The van der Waals surface area contributed by atoms with Crippen LogP contribution >= 0.6 is 0 Å². The number of hydrogen-bond donors (Lipinski definition) is 5. The van der Waals surface area contributed by atoms with Crippen molar-refractivity contribution in [1.82, 2.24) is 21.3 Å². The monoisotopic (exact) mass is 714 g/mol. The zero-order valence-corrected chi connectivity index (χ0v) is 29.1. The number of esters is 1. The van der Waals surface area contributed by atoms with Gasteiger partial charge in [0.25, 0.3) is 0 Å². The van der Waals surface area contributed by atoms with Crippen molar-refractivity contribution in [2.24, 2.45) is 10.7 Å². The molecule has 2 atom stereocenters. The molecule has 0 saturated heterocycles. The van der Waals surface area contributed by atoms with Crippen molar-refractivity contribution in [2.75, 3.05) is 19.7 Å². The normalized spacial score (nSPS) is 11.7. The first kappa shape index (κ1) is 40.4. The molecule has 0 aliphatic rings. The van der Waals surface area contributed by atoms with Crippen LogP contribution in [0.3, 0.4) is 0 Å². The average Bonchev–Trinajstić information content (AvgIpc) is 3.15. The highest BCUT2D eigenvalue weighted by Gasteiger charge is 2.21. The summed E-state index contributed by atoms with van der Waals surface area (Å²) < 4.78 is 15.6. The smallest absolute Gasteiger partial charge is 0.414 e. The molecule has 0 aliphatic heterocycles. The highest BCUT2D eigenvalue weighted by Crippen LogP contribution is 2.06. The summed E-state index contributed by atoms with van der Waals surface area (Å²) in [6, 6.07) is 25.7. The molecule has 0 spiro atoms. The minimum Gasteiger partial charge on any atom is -0.464 e. The maximum atomic E-state index is 12.5. The maximum absolute atomic E-state index is 12.5. The van der Waals surface area contributed by atoms with Crippen LogP contribution in [-0.2, 0) is 48.2 Å². The third-order valence-corrected chi connectivity index (χ3v) is 7.20. The molecule has 3 aromatic carbocycles. The van der Waals surface area contributed by atoms with Gasteiger partial charge in [0.1, 0.15) is 19.3 Å². The lowest BCUT2D eigenvalue weighted by Crippen LogP contribution is -2.44. The van der Waals surface area contributed by atoms with Crippen LogP contribution in [0.1, 0.15) is 42.9 Å². The molecule has 4 amide bonds. The van der Waals surface area contributed by atoms with Gasteiger partial charge in [-0.1, -0.05) is 97.1 Å². The van der Waals surface area contributed by atoms with Crippen molar-refractivity contribution in [3.63, 3.8) is 0 Å². The molecule has 276 valence electrons. The Bertz CT molecular complexity index is 1560. The van der Waals surface area contributed by atoms with Gasteiger partial charge in [-0.3, -0.25) is 25.2 Å². The van der Waals surface area contributed by atoms with E-state index in [1.165, 1.54) is 6.08 Å². The fourth-order valence-electron chi connectivity index (χ4n) is 4.56. The molecule has 0 radical (unpaired) electrons. The molecular formula is C38H46N6O8. The second kappa shape index (κ2) is 23.4. The molecule has 0 aliphatic carbocycles. The van der Waals surface area contributed by atoms with Gasteiger partial charge in [-0.15, -0.1) is 0 Å². The fourth-order valence-corrected chi connectivity index (χ4v) is 4.56. The highest BCUT2D eigenvalue weighted by atomic mass is 16.6. The van der Waals surface area contributed by atoms with Gasteiger partial charge in [-0.2, -0.15) is 0 Å². The van der Waals surface area contributed by atoms with Crippen molar-refractivity contribution in [3.8, 4) is 0 Å². The van der Waals surface area contributed by atoms with E-state index in [0.29, 0.717) is 12.8 Å². The van der Waals surface area contributed by atoms with Crippen LogP contribution in [0, 0.1) is 0 Å². The second-order valence-corrected chi connectivity index (χ2v) is 11.3. The molecule has 0 saturated carbocycles. The highest BCUT2D eigenvalue weighted by molar-refractivity contribution is 6.01. The summed E-state index contributed by atoms with van der Waals surface area (Å²) >= 11 is 0. The predicted molar refractivity (Wildman–Crippen MR) is 195 cm³/mol. The minimum absolute atomic E-state index is 0.00999. The first-order valence-electron chi connectivity index (χ1n) is 16.9. The van der Waals surface area contributed by atoms with E-state index < -0.39 is 42.1 Å². The van der Waals surface area contributed by atoms with E-state index in [0.717, 1.165) is 16.7 Å². The van der Waals surface area contributed by atoms with Gasteiger partial charge in [0.2, 0.25) is 17.8 Å². The van der Waals surface area contributed by atoms with Crippen LogP contribution in [-0.4, -0.2) is 67.7 Å². The van der Waals surface area contributed by atoms with E-state index in [-0.39, 0.29) is 51.7 Å². The van der Waals surface area contributed by atoms with Gasteiger partial charge in [0.05, 0.1) is 12.6 Å². The summed E-state index contributed by atoms with van der Waals surface area (Å²) in [5.41, 5.74) is 8.48. The standard InChI is InChI=1S/C38H46N6O8/c1-2-50-35(47)32(25-28-15-6-3-7-16-28)42-33(45)22-12-13-23-40-34(46)31(39)21-14-24-41-36(43-37(48)51-26-29-17-8-4-9-18-29)44-38(49)52-27-30-19-10-5-11-20-30/h3-12,15-20,22,31-32H,2,13-14,21,23-27,39H2,1H3,(H,40,46)(H,42,45)(H2,41,43,44,48,49)/b22-12+/t31-,32-/m0/s1. The van der Waals surface area contributed by atoms with Crippen molar-refractivity contribution in [1.29, 1.82) is 0 Å². The number of nitrogens with zero attached hydrogens (tertiary/aromatic N) is 1. The van der Waals surface area contributed by atoms with E-state index in [2.05, 4.69) is 26.3 Å². The van der Waals surface area contributed by atoms with Crippen LogP contribution in [0.15, 0.2) is 108 Å². The van der Waals surface area contributed by atoms with Gasteiger partial charge < -0.3 is 30.6 Å². The number of carbonyl (C=O) groups excluding carboxylic acids is 5. The number of nitrogens with two attached hydrogens (primary N) is 1. The molecule has 3 aromatic rings. The van der Waals surface area contributed by atoms with Crippen LogP contribution < -0.4 is 27.0 Å². The molecule has 0 heterocycles. The molecule has 52 heavy (non-hydrogen) atoms. The second-order valence-electron chi connectivity index (χ2n) is 11.3. The van der Waals surface area contributed by atoms with Crippen LogP contribution in [0.2, 0.25) is 0 Å². The number of ether oxygens (including phenoxy) is 3. The summed E-state index contributed by atoms with van der Waals surface area (Å²) in [5, 5.41) is 10.2. The summed E-state index contributed by atoms with van der Waals surface area (Å²) in [6.07, 6.45) is 2.46. The van der Waals surface area contributed by atoms with E-state index in [1.807, 2.05) is 66.7 Å². The van der Waals surface area contributed by atoms with Crippen molar-refractivity contribution in [2.45, 2.75) is 57.9 Å². The molecule has 0 aromatic heterocycles. The number of hydrogen-bond acceptors (Lipinski definition) is 10. The molecular weight excluding hydrogens is 668 g/mol. The number of benzene rings is 3. The molecule has 14 heteroatoms. The first-order valence-corrected chi connectivity index (χ1v) is 16.9. The van der Waals surface area contributed by atoms with Gasteiger partial charge in [0.15, 0.2) is 0 Å². The summed E-state index contributed by atoms with van der Waals surface area (Å²) in [6.45, 7) is 2.25. The van der Waals surface area contributed by atoms with Gasteiger partial charge in [-0.05, 0) is 49.0 Å². The lowest BCUT2D eigenvalue weighted by atomic mass is 10.1. The number of carbonyl (C=O) groups is 5. The topological polar surface area (TPSA) is 200 Å². The van der Waals surface area contributed by atoms with Crippen LogP contribution in [0.25, 0.3) is 0 Å². The lowest BCUT2D eigenvalue weighted by molar-refractivity contribution is -0.147. The van der Waals surface area contributed by atoms with Crippen molar-refractivity contribution in [3.05, 3.63) is 120 Å². The Morgan fingerprint density at radius 1 is 0.769 bits per heavy atom. The van der Waals surface area contributed by atoms with Crippen LogP contribution in [0.4, 0.5) is 9.59 Å². The Morgan fingerprint density at radius 3 is 1.85 bits per heavy atom. The number of amides is 4.